The van der Waals surface area contributed by atoms with Gasteiger partial charge in [-0.2, -0.15) is 0 Å². The Bertz CT molecular complexity index is 103. The van der Waals surface area contributed by atoms with Crippen LogP contribution in [0.2, 0.25) is 0 Å². The van der Waals surface area contributed by atoms with E-state index >= 15 is 0 Å². The first-order valence-corrected chi connectivity index (χ1v) is 3.65. The highest BCUT2D eigenvalue weighted by atomic mass is 31.0. The summed E-state index contributed by atoms with van der Waals surface area (Å²) >= 11 is 0. The average Bonchev–Trinajstić information content (AvgIpc) is 1.87. The lowest BCUT2D eigenvalue weighted by molar-refractivity contribution is 0.410. The molecule has 2 unspecified atom stereocenters. The van der Waals surface area contributed by atoms with Gasteiger partial charge in [0.25, 0.3) is 0 Å². The largest absolute Gasteiger partial charge is 0.482 e. The van der Waals surface area contributed by atoms with Crippen LogP contribution in [0.4, 0.5) is 0 Å². The number of nitrogens with zero attached hydrogens (tertiary/aromatic N) is 1. The van der Waals surface area contributed by atoms with Gasteiger partial charge >= 0.3 is 0 Å². The molecule has 0 bridgehead atoms. The first-order chi connectivity index (χ1) is 4.20. The van der Waals surface area contributed by atoms with Crippen LogP contribution in [0.3, 0.4) is 0 Å². The summed E-state index contributed by atoms with van der Waals surface area (Å²) in [7, 11) is 4.05. The fourth-order valence-electron chi connectivity index (χ4n) is 0.361. The molecule has 0 heterocycles. The Kier molecular flexibility index (Phi) is 4.70. The Balaban J connectivity index is 3.64. The van der Waals surface area contributed by atoms with E-state index < -0.39 is 0 Å². The summed E-state index contributed by atoms with van der Waals surface area (Å²) in [5.74, 6) is 0. The van der Waals surface area contributed by atoms with Crippen molar-refractivity contribution in [2.24, 2.45) is 4.99 Å². The highest BCUT2D eigenvalue weighted by Crippen LogP contribution is 1.99. The quantitative estimate of drug-likeness (QED) is 0.330. The second-order valence-corrected chi connectivity index (χ2v) is 2.42. The van der Waals surface area contributed by atoms with Crippen molar-refractivity contribution >= 4 is 14.9 Å². The Morgan fingerprint density at radius 3 is 2.67 bits per heavy atom. The predicted molar refractivity (Wildman–Crippen MR) is 43.9 cm³/mol. The number of rotatable bonds is 2. The molecule has 0 fully saturated rings. The van der Waals surface area contributed by atoms with Gasteiger partial charge in [-0.3, -0.25) is 0 Å². The van der Waals surface area contributed by atoms with Crippen LogP contribution in [0.1, 0.15) is 20.3 Å². The molecule has 0 radical (unpaired) electrons. The highest BCUT2D eigenvalue weighted by molar-refractivity contribution is 7.39. The number of ether oxygens (including phenoxy) is 1. The van der Waals surface area contributed by atoms with Gasteiger partial charge in [0.1, 0.15) is 0 Å². The van der Waals surface area contributed by atoms with Crippen LogP contribution >= 0.6 is 9.24 Å². The summed E-state index contributed by atoms with van der Waals surface area (Å²) in [5, 5.41) is 0. The van der Waals surface area contributed by atoms with E-state index in [1.165, 1.54) is 0 Å². The Morgan fingerprint density at radius 2 is 2.33 bits per heavy atom. The lowest BCUT2D eigenvalue weighted by Gasteiger charge is -2.02. The van der Waals surface area contributed by atoms with E-state index in [0.29, 0.717) is 11.7 Å². The number of hydrogen-bond acceptors (Lipinski definition) is 2. The normalized spacial score (nSPS) is 15.3. The summed E-state index contributed by atoms with van der Waals surface area (Å²) in [5.41, 5.74) is 0.685. The molecule has 0 spiro atoms. The lowest BCUT2D eigenvalue weighted by Crippen LogP contribution is -1.99. The van der Waals surface area contributed by atoms with Crippen LogP contribution in [0.5, 0.6) is 0 Å². The van der Waals surface area contributed by atoms with Crippen molar-refractivity contribution in [2.75, 3.05) is 7.11 Å². The van der Waals surface area contributed by atoms with Gasteiger partial charge < -0.3 is 4.74 Å². The first-order valence-electron chi connectivity index (χ1n) is 3.08. The molecule has 0 saturated heterocycles. The van der Waals surface area contributed by atoms with Gasteiger partial charge in [0.05, 0.1) is 13.2 Å². The third-order valence-corrected chi connectivity index (χ3v) is 1.53. The molecule has 3 heteroatoms. The third-order valence-electron chi connectivity index (χ3n) is 1.15. The highest BCUT2D eigenvalue weighted by Gasteiger charge is 1.93. The standard InChI is InChI=1S/C6H14NOP/c1-4-5(2)7-6(9)8-3/h5H,4,9H2,1-3H3. The van der Waals surface area contributed by atoms with E-state index in [0.717, 1.165) is 6.42 Å². The molecule has 0 amide bonds. The molecular formula is C6H14NOP. The molecule has 9 heavy (non-hydrogen) atoms. The van der Waals surface area contributed by atoms with E-state index in [2.05, 4.69) is 28.1 Å². The van der Waals surface area contributed by atoms with Crippen LogP contribution in [-0.4, -0.2) is 18.8 Å². The zero-order chi connectivity index (χ0) is 7.28. The first kappa shape index (κ1) is 8.90. The average molecular weight is 147 g/mol. The SMILES string of the molecule is CCC(C)N=C(P)OC. The van der Waals surface area contributed by atoms with Crippen molar-refractivity contribution in [3.63, 3.8) is 0 Å². The maximum absolute atomic E-state index is 4.84. The number of methoxy groups -OCH3 is 1. The molecule has 2 atom stereocenters. The Hall–Kier alpha value is -0.100. The minimum atomic E-state index is 0.373. The molecule has 0 aromatic rings. The van der Waals surface area contributed by atoms with Gasteiger partial charge in [-0.15, -0.1) is 0 Å². The van der Waals surface area contributed by atoms with Crippen LogP contribution in [-0.2, 0) is 4.74 Å². The van der Waals surface area contributed by atoms with E-state index in [4.69, 9.17) is 4.74 Å². The van der Waals surface area contributed by atoms with Crippen molar-refractivity contribution in [3.05, 3.63) is 0 Å². The third kappa shape index (κ3) is 4.41. The molecule has 0 N–H and O–H groups in total. The molecule has 2 nitrogen and oxygen atoms in total. The minimum Gasteiger partial charge on any atom is -0.482 e. The topological polar surface area (TPSA) is 21.6 Å². The second kappa shape index (κ2) is 4.75. The van der Waals surface area contributed by atoms with Crippen LogP contribution in [0.15, 0.2) is 4.99 Å². The van der Waals surface area contributed by atoms with E-state index in [1.54, 1.807) is 7.11 Å². The minimum absolute atomic E-state index is 0.373. The second-order valence-electron chi connectivity index (χ2n) is 1.93. The fraction of sp³-hybridized carbons (Fsp3) is 0.833. The van der Waals surface area contributed by atoms with Gasteiger partial charge in [0.15, 0.2) is 5.64 Å². The lowest BCUT2D eigenvalue weighted by atomic mass is 10.3. The van der Waals surface area contributed by atoms with E-state index in [1.807, 2.05) is 0 Å². The summed E-state index contributed by atoms with van der Waals surface area (Å²) in [6.45, 7) is 4.16. The van der Waals surface area contributed by atoms with Crippen molar-refractivity contribution in [1.82, 2.24) is 0 Å². The molecule has 0 aromatic heterocycles. The van der Waals surface area contributed by atoms with Gasteiger partial charge in [0, 0.05) is 0 Å². The molecule has 0 aromatic carbocycles. The van der Waals surface area contributed by atoms with Gasteiger partial charge in [-0.1, -0.05) is 6.92 Å². The maximum Gasteiger partial charge on any atom is 0.199 e. The van der Waals surface area contributed by atoms with Gasteiger partial charge in [-0.05, 0) is 22.6 Å². The van der Waals surface area contributed by atoms with Crippen LogP contribution in [0.25, 0.3) is 0 Å². The summed E-state index contributed by atoms with van der Waals surface area (Å²) in [6, 6.07) is 0.373. The summed E-state index contributed by atoms with van der Waals surface area (Å²) < 4.78 is 4.84. The fourth-order valence-corrected chi connectivity index (χ4v) is 0.616. The zero-order valence-electron chi connectivity index (χ0n) is 6.22. The summed E-state index contributed by atoms with van der Waals surface area (Å²) in [6.07, 6.45) is 1.06. The molecule has 0 aliphatic heterocycles. The molecule has 0 aliphatic carbocycles. The zero-order valence-corrected chi connectivity index (χ0v) is 7.37. The van der Waals surface area contributed by atoms with Crippen molar-refractivity contribution in [3.8, 4) is 0 Å². The smallest absolute Gasteiger partial charge is 0.199 e. The molecular weight excluding hydrogens is 133 g/mol. The summed E-state index contributed by atoms with van der Waals surface area (Å²) in [4.78, 5) is 4.17. The maximum atomic E-state index is 4.84. The molecule has 0 aliphatic rings. The number of hydrogen-bond donors (Lipinski definition) is 0. The van der Waals surface area contributed by atoms with Crippen molar-refractivity contribution < 1.29 is 4.74 Å². The van der Waals surface area contributed by atoms with E-state index in [-0.39, 0.29) is 0 Å². The van der Waals surface area contributed by atoms with Crippen LogP contribution < -0.4 is 0 Å². The Morgan fingerprint density at radius 1 is 1.78 bits per heavy atom. The van der Waals surface area contributed by atoms with Crippen molar-refractivity contribution in [2.45, 2.75) is 26.3 Å². The predicted octanol–water partition coefficient (Wildman–Crippen LogP) is 1.66. The van der Waals surface area contributed by atoms with E-state index in [9.17, 15) is 0 Å². The molecule has 0 rings (SSSR count). The molecule has 54 valence electrons. The monoisotopic (exact) mass is 147 g/mol. The van der Waals surface area contributed by atoms with Crippen molar-refractivity contribution in [1.29, 1.82) is 0 Å². The van der Waals surface area contributed by atoms with Crippen LogP contribution in [0, 0.1) is 0 Å². The number of aliphatic imine (C=N–C) groups is 1. The van der Waals surface area contributed by atoms with Gasteiger partial charge in [-0.25, -0.2) is 4.99 Å². The molecule has 0 saturated carbocycles. The van der Waals surface area contributed by atoms with Gasteiger partial charge in [0.2, 0.25) is 0 Å². The Labute approximate surface area is 58.9 Å².